The molecule has 1 atom stereocenters. The van der Waals surface area contributed by atoms with Gasteiger partial charge in [0.1, 0.15) is 11.8 Å². The fourth-order valence-corrected chi connectivity index (χ4v) is 3.22. The third-order valence-electron chi connectivity index (χ3n) is 4.09. The highest BCUT2D eigenvalue weighted by Crippen LogP contribution is 2.38. The van der Waals surface area contributed by atoms with Gasteiger partial charge in [-0.05, 0) is 30.7 Å². The molecule has 0 aliphatic carbocycles. The monoisotopic (exact) mass is 400 g/mol. The minimum atomic E-state index is -0.676. The van der Waals surface area contributed by atoms with Crippen molar-refractivity contribution in [2.24, 2.45) is 0 Å². The molecule has 1 aliphatic heterocycles. The molecule has 1 unspecified atom stereocenters. The molecule has 6 heteroatoms. The lowest BCUT2D eigenvalue weighted by molar-refractivity contribution is -0.139. The highest BCUT2D eigenvalue weighted by Gasteiger charge is 2.46. The molecule has 3 rings (SSSR count). The summed E-state index contributed by atoms with van der Waals surface area (Å²) in [4.78, 5) is 30.9. The lowest BCUT2D eigenvalue weighted by Crippen LogP contribution is -2.30. The molecule has 0 saturated carbocycles. The Morgan fingerprint density at radius 3 is 2.52 bits per heavy atom. The predicted octanol–water partition coefficient (Wildman–Crippen LogP) is 3.68. The third-order valence-corrected chi connectivity index (χ3v) is 4.62. The van der Waals surface area contributed by atoms with Gasteiger partial charge < -0.3 is 10.0 Å². The molecule has 25 heavy (non-hydrogen) atoms. The number of hydrogen-bond acceptors (Lipinski definition) is 4. The number of carbonyl (C=O) groups is 2. The van der Waals surface area contributed by atoms with Gasteiger partial charge in [-0.1, -0.05) is 41.1 Å². The molecular formula is C19H17BrN2O3. The number of carbonyl (C=O) groups excluding carboxylic acids is 2. The van der Waals surface area contributed by atoms with Crippen molar-refractivity contribution in [2.75, 3.05) is 6.54 Å². The van der Waals surface area contributed by atoms with E-state index in [4.69, 9.17) is 0 Å². The molecular weight excluding hydrogens is 384 g/mol. The number of aromatic nitrogens is 1. The van der Waals surface area contributed by atoms with Crippen LogP contribution in [-0.4, -0.2) is 33.2 Å². The maximum Gasteiger partial charge on any atom is 0.295 e. The Bertz CT molecular complexity index is 832. The number of aliphatic hydroxyl groups excluding tert-OH is 1. The van der Waals surface area contributed by atoms with Gasteiger partial charge >= 0.3 is 0 Å². The number of aliphatic hydroxyl groups is 1. The normalized spacial score (nSPS) is 19.4. The van der Waals surface area contributed by atoms with Crippen LogP contribution in [0.5, 0.6) is 0 Å². The van der Waals surface area contributed by atoms with Gasteiger partial charge in [-0.2, -0.15) is 0 Å². The largest absolute Gasteiger partial charge is 0.507 e. The molecule has 1 fully saturated rings. The van der Waals surface area contributed by atoms with Crippen LogP contribution in [0.3, 0.4) is 0 Å². The number of nitrogens with zero attached hydrogens (tertiary/aromatic N) is 2. The smallest absolute Gasteiger partial charge is 0.295 e. The third kappa shape index (κ3) is 3.22. The SMILES string of the molecule is CCCN1C(=O)C(=O)/C(=C(\O)c2ccc(Br)cc2)C1c1ccccn1. The first-order chi connectivity index (χ1) is 12.0. The van der Waals surface area contributed by atoms with Gasteiger partial charge in [0.05, 0.1) is 11.3 Å². The Hall–Kier alpha value is -2.47. The van der Waals surface area contributed by atoms with E-state index in [1.165, 1.54) is 4.90 Å². The first-order valence-corrected chi connectivity index (χ1v) is 8.79. The van der Waals surface area contributed by atoms with Crippen LogP contribution < -0.4 is 0 Å². The molecule has 2 aromatic rings. The van der Waals surface area contributed by atoms with E-state index in [-0.39, 0.29) is 11.3 Å². The number of benzene rings is 1. The van der Waals surface area contributed by atoms with E-state index in [2.05, 4.69) is 20.9 Å². The number of pyridine rings is 1. The number of halogens is 1. The van der Waals surface area contributed by atoms with E-state index < -0.39 is 17.7 Å². The summed E-state index contributed by atoms with van der Waals surface area (Å²) in [5, 5.41) is 10.8. The fraction of sp³-hybridized carbons (Fsp3) is 0.211. The van der Waals surface area contributed by atoms with E-state index in [1.54, 1.807) is 48.7 Å². The van der Waals surface area contributed by atoms with Gasteiger partial charge in [0.25, 0.3) is 11.7 Å². The topological polar surface area (TPSA) is 70.5 Å². The minimum absolute atomic E-state index is 0.0828. The molecule has 2 heterocycles. The summed E-state index contributed by atoms with van der Waals surface area (Å²) < 4.78 is 0.858. The van der Waals surface area contributed by atoms with Crippen LogP contribution >= 0.6 is 15.9 Å². The highest BCUT2D eigenvalue weighted by molar-refractivity contribution is 9.10. The van der Waals surface area contributed by atoms with Gasteiger partial charge in [-0.15, -0.1) is 0 Å². The summed E-state index contributed by atoms with van der Waals surface area (Å²) in [5.41, 5.74) is 1.13. The summed E-state index contributed by atoms with van der Waals surface area (Å²) in [6, 6.07) is 11.6. The fourth-order valence-electron chi connectivity index (χ4n) is 2.96. The summed E-state index contributed by atoms with van der Waals surface area (Å²) in [5.74, 6) is -1.46. The van der Waals surface area contributed by atoms with E-state index in [9.17, 15) is 14.7 Å². The Morgan fingerprint density at radius 1 is 1.20 bits per heavy atom. The molecule has 1 aromatic carbocycles. The standard InChI is InChI=1S/C19H17BrN2O3/c1-2-11-22-16(14-5-3-4-10-21-14)15(18(24)19(22)25)17(23)12-6-8-13(20)9-7-12/h3-10,16,23H,2,11H2,1H3/b17-15-. The zero-order valence-electron chi connectivity index (χ0n) is 13.6. The average Bonchev–Trinajstić information content (AvgIpc) is 2.88. The van der Waals surface area contributed by atoms with Gasteiger partial charge in [-0.25, -0.2) is 0 Å². The van der Waals surface area contributed by atoms with Crippen LogP contribution in [0.15, 0.2) is 58.7 Å². The van der Waals surface area contributed by atoms with Crippen molar-refractivity contribution < 1.29 is 14.7 Å². The quantitative estimate of drug-likeness (QED) is 0.482. The van der Waals surface area contributed by atoms with Crippen LogP contribution in [0.2, 0.25) is 0 Å². The first kappa shape index (κ1) is 17.4. The molecule has 5 nitrogen and oxygen atoms in total. The maximum atomic E-state index is 12.6. The first-order valence-electron chi connectivity index (χ1n) is 8.00. The van der Waals surface area contributed by atoms with E-state index in [0.29, 0.717) is 24.2 Å². The van der Waals surface area contributed by atoms with Gasteiger partial charge in [-0.3, -0.25) is 14.6 Å². The van der Waals surface area contributed by atoms with Crippen molar-refractivity contribution in [3.8, 4) is 0 Å². The molecule has 1 aromatic heterocycles. The van der Waals surface area contributed by atoms with Crippen molar-refractivity contribution in [2.45, 2.75) is 19.4 Å². The van der Waals surface area contributed by atoms with Gasteiger partial charge in [0, 0.05) is 22.8 Å². The van der Waals surface area contributed by atoms with Crippen LogP contribution in [-0.2, 0) is 9.59 Å². The molecule has 0 bridgehead atoms. The second-order valence-corrected chi connectivity index (χ2v) is 6.67. The van der Waals surface area contributed by atoms with Crippen LogP contribution in [0.25, 0.3) is 5.76 Å². The van der Waals surface area contributed by atoms with Crippen molar-refractivity contribution in [3.05, 3.63) is 70.0 Å². The number of rotatable bonds is 4. The minimum Gasteiger partial charge on any atom is -0.507 e. The Kier molecular flexibility index (Phi) is 4.99. The maximum absolute atomic E-state index is 12.6. The lowest BCUT2D eigenvalue weighted by atomic mass is 9.98. The number of amides is 1. The highest BCUT2D eigenvalue weighted by atomic mass is 79.9. The van der Waals surface area contributed by atoms with Gasteiger partial charge in [0.15, 0.2) is 0 Å². The van der Waals surface area contributed by atoms with E-state index >= 15 is 0 Å². The second kappa shape index (κ2) is 7.19. The zero-order valence-corrected chi connectivity index (χ0v) is 15.2. The van der Waals surface area contributed by atoms with Crippen LogP contribution in [0, 0.1) is 0 Å². The van der Waals surface area contributed by atoms with E-state index in [0.717, 1.165) is 4.47 Å². The molecule has 1 aliphatic rings. The average molecular weight is 401 g/mol. The molecule has 0 spiro atoms. The van der Waals surface area contributed by atoms with Crippen molar-refractivity contribution in [1.82, 2.24) is 9.88 Å². The summed E-state index contributed by atoms with van der Waals surface area (Å²) in [7, 11) is 0. The summed E-state index contributed by atoms with van der Waals surface area (Å²) in [6.45, 7) is 2.35. The molecule has 1 saturated heterocycles. The van der Waals surface area contributed by atoms with Crippen molar-refractivity contribution in [3.63, 3.8) is 0 Å². The zero-order chi connectivity index (χ0) is 18.0. The molecule has 1 amide bonds. The molecule has 128 valence electrons. The van der Waals surface area contributed by atoms with E-state index in [1.807, 2.05) is 6.92 Å². The number of hydrogen-bond donors (Lipinski definition) is 1. The number of Topliss-reactive ketones (excluding diaryl/α,β-unsaturated/α-hetero) is 1. The predicted molar refractivity (Wildman–Crippen MR) is 97.7 cm³/mol. The summed E-state index contributed by atoms with van der Waals surface area (Å²) >= 11 is 3.34. The molecule has 1 N–H and O–H groups in total. The van der Waals surface area contributed by atoms with Crippen molar-refractivity contribution >= 4 is 33.4 Å². The number of ketones is 1. The van der Waals surface area contributed by atoms with Crippen LogP contribution in [0.1, 0.15) is 30.6 Å². The summed E-state index contributed by atoms with van der Waals surface area (Å²) in [6.07, 6.45) is 2.32. The Labute approximate surface area is 154 Å². The van der Waals surface area contributed by atoms with Crippen LogP contribution in [0.4, 0.5) is 0 Å². The second-order valence-electron chi connectivity index (χ2n) is 5.75. The van der Waals surface area contributed by atoms with Gasteiger partial charge in [0.2, 0.25) is 0 Å². The Balaban J connectivity index is 2.17. The molecule has 0 radical (unpaired) electrons. The number of likely N-dealkylation sites (tertiary alicyclic amines) is 1. The van der Waals surface area contributed by atoms with Crippen molar-refractivity contribution in [1.29, 1.82) is 0 Å². The lowest BCUT2D eigenvalue weighted by Gasteiger charge is -2.23. The Morgan fingerprint density at radius 2 is 1.92 bits per heavy atom.